The second-order valence-electron chi connectivity index (χ2n) is 14.4. The fraction of sp³-hybridized carbons (Fsp3) is 0.970. The predicted molar refractivity (Wildman–Crippen MR) is 158 cm³/mol. The van der Waals surface area contributed by atoms with E-state index in [0.717, 1.165) is 74.8 Å². The molecular formula is C33H61N3O2. The molecule has 0 radical (unpaired) electrons. The van der Waals surface area contributed by atoms with E-state index in [1.54, 1.807) is 0 Å². The van der Waals surface area contributed by atoms with Gasteiger partial charge in [-0.05, 0) is 163 Å². The number of carboxylic acid groups (broad SMARTS) is 1. The minimum Gasteiger partial charge on any atom is -0.481 e. The number of carboxylic acids is 1. The van der Waals surface area contributed by atoms with Crippen LogP contribution in [0.3, 0.4) is 0 Å². The van der Waals surface area contributed by atoms with Crippen LogP contribution in [0.1, 0.15) is 118 Å². The van der Waals surface area contributed by atoms with Gasteiger partial charge in [0, 0.05) is 12.5 Å². The molecule has 0 spiro atoms. The van der Waals surface area contributed by atoms with Crippen molar-refractivity contribution in [2.45, 2.75) is 124 Å². The van der Waals surface area contributed by atoms with Gasteiger partial charge in [-0.2, -0.15) is 0 Å². The summed E-state index contributed by atoms with van der Waals surface area (Å²) in [7, 11) is 0. The fourth-order valence-corrected chi connectivity index (χ4v) is 10.3. The lowest BCUT2D eigenvalue weighted by atomic mass is 9.44. The molecule has 0 aromatic heterocycles. The van der Waals surface area contributed by atoms with Crippen molar-refractivity contribution in [1.82, 2.24) is 16.0 Å². The lowest BCUT2D eigenvalue weighted by Crippen LogP contribution is -2.55. The van der Waals surface area contributed by atoms with Crippen molar-refractivity contribution in [3.8, 4) is 0 Å². The van der Waals surface area contributed by atoms with Gasteiger partial charge >= 0.3 is 5.97 Å². The highest BCUT2D eigenvalue weighted by molar-refractivity contribution is 5.66. The Bertz CT molecular complexity index is 746. The summed E-state index contributed by atoms with van der Waals surface area (Å²) >= 11 is 0. The number of hydrogen-bond acceptors (Lipinski definition) is 4. The van der Waals surface area contributed by atoms with Crippen LogP contribution in [0.5, 0.6) is 0 Å². The molecule has 4 fully saturated rings. The first-order valence-corrected chi connectivity index (χ1v) is 16.7. The van der Waals surface area contributed by atoms with Crippen molar-refractivity contribution in [2.24, 2.45) is 46.3 Å². The topological polar surface area (TPSA) is 73.4 Å². The van der Waals surface area contributed by atoms with E-state index >= 15 is 0 Å². The van der Waals surface area contributed by atoms with Crippen LogP contribution in [0.4, 0.5) is 0 Å². The van der Waals surface area contributed by atoms with Gasteiger partial charge in [0.05, 0.1) is 0 Å². The Labute approximate surface area is 234 Å². The quantitative estimate of drug-likeness (QED) is 0.182. The van der Waals surface area contributed by atoms with Crippen molar-refractivity contribution in [3.63, 3.8) is 0 Å². The third-order valence-corrected chi connectivity index (χ3v) is 12.4. The molecule has 0 bridgehead atoms. The number of aliphatic carboxylic acids is 1. The monoisotopic (exact) mass is 531 g/mol. The number of hydrogen-bond donors (Lipinski definition) is 4. The van der Waals surface area contributed by atoms with Gasteiger partial charge in [0.1, 0.15) is 0 Å². The highest BCUT2D eigenvalue weighted by Gasteiger charge is 2.60. The molecule has 3 unspecified atom stereocenters. The Kier molecular flexibility index (Phi) is 11.0. The summed E-state index contributed by atoms with van der Waals surface area (Å²) in [6, 6.07) is 0.726. The molecule has 0 aliphatic heterocycles. The van der Waals surface area contributed by atoms with Crippen molar-refractivity contribution in [3.05, 3.63) is 0 Å². The maximum atomic E-state index is 11.2. The van der Waals surface area contributed by atoms with Gasteiger partial charge in [-0.3, -0.25) is 4.79 Å². The highest BCUT2D eigenvalue weighted by atomic mass is 16.4. The molecule has 5 heteroatoms. The molecular weight excluding hydrogens is 470 g/mol. The summed E-state index contributed by atoms with van der Waals surface area (Å²) in [5.74, 6) is 4.27. The van der Waals surface area contributed by atoms with E-state index in [1.807, 2.05) is 0 Å². The molecule has 4 N–H and O–H groups in total. The maximum Gasteiger partial charge on any atom is 0.303 e. The second kappa shape index (κ2) is 13.8. The van der Waals surface area contributed by atoms with E-state index in [1.165, 1.54) is 77.0 Å². The molecule has 38 heavy (non-hydrogen) atoms. The maximum absolute atomic E-state index is 11.2. The van der Waals surface area contributed by atoms with Crippen molar-refractivity contribution in [2.75, 3.05) is 32.7 Å². The van der Waals surface area contributed by atoms with Crippen LogP contribution >= 0.6 is 0 Å². The molecule has 4 aliphatic rings. The molecule has 9 atom stereocenters. The largest absolute Gasteiger partial charge is 0.481 e. The average Bonchev–Trinajstić information content (AvgIpc) is 3.25. The molecule has 0 amide bonds. The Balaban J connectivity index is 1.21. The highest BCUT2D eigenvalue weighted by Crippen LogP contribution is 2.68. The lowest BCUT2D eigenvalue weighted by molar-refractivity contribution is -0.137. The third-order valence-electron chi connectivity index (χ3n) is 12.4. The minimum atomic E-state index is -0.626. The summed E-state index contributed by atoms with van der Waals surface area (Å²) in [5, 5.41) is 20.2. The van der Waals surface area contributed by atoms with Gasteiger partial charge in [0.25, 0.3) is 0 Å². The summed E-state index contributed by atoms with van der Waals surface area (Å²) in [4.78, 5) is 11.2. The predicted octanol–water partition coefficient (Wildman–Crippen LogP) is 6.47. The molecule has 5 nitrogen and oxygen atoms in total. The molecule has 0 aromatic carbocycles. The zero-order chi connectivity index (χ0) is 27.2. The number of fused-ring (bicyclic) bond motifs is 5. The zero-order valence-electron chi connectivity index (χ0n) is 25.3. The normalized spacial score (nSPS) is 39.3. The van der Waals surface area contributed by atoms with Gasteiger partial charge in [0.2, 0.25) is 0 Å². The second-order valence-corrected chi connectivity index (χ2v) is 14.4. The molecule has 0 aromatic rings. The van der Waals surface area contributed by atoms with Gasteiger partial charge in [0.15, 0.2) is 0 Å². The third kappa shape index (κ3) is 6.79. The van der Waals surface area contributed by atoms with E-state index in [2.05, 4.69) is 43.6 Å². The number of rotatable bonds is 15. The van der Waals surface area contributed by atoms with Gasteiger partial charge < -0.3 is 21.1 Å². The van der Waals surface area contributed by atoms with Crippen LogP contribution in [0, 0.1) is 46.3 Å². The van der Waals surface area contributed by atoms with E-state index in [0.29, 0.717) is 23.2 Å². The molecule has 0 saturated heterocycles. The smallest absolute Gasteiger partial charge is 0.303 e. The summed E-state index contributed by atoms with van der Waals surface area (Å²) in [6.45, 7) is 15.5. The number of unbranched alkanes of at least 4 members (excludes halogenated alkanes) is 1. The molecule has 0 heterocycles. The van der Waals surface area contributed by atoms with Crippen LogP contribution in [0.25, 0.3) is 0 Å². The summed E-state index contributed by atoms with van der Waals surface area (Å²) < 4.78 is 0. The van der Waals surface area contributed by atoms with Crippen LogP contribution in [0.15, 0.2) is 0 Å². The van der Waals surface area contributed by atoms with Gasteiger partial charge in [-0.15, -0.1) is 0 Å². The van der Waals surface area contributed by atoms with Gasteiger partial charge in [-0.1, -0.05) is 27.7 Å². The van der Waals surface area contributed by atoms with Crippen LogP contribution in [0.2, 0.25) is 0 Å². The summed E-state index contributed by atoms with van der Waals surface area (Å²) in [6.07, 6.45) is 17.6. The minimum absolute atomic E-state index is 0.340. The Morgan fingerprint density at radius 3 is 2.34 bits per heavy atom. The molecule has 4 aliphatic carbocycles. The first-order chi connectivity index (χ1) is 18.3. The van der Waals surface area contributed by atoms with Crippen molar-refractivity contribution >= 4 is 5.97 Å². The van der Waals surface area contributed by atoms with E-state index < -0.39 is 5.97 Å². The number of nitrogens with one attached hydrogen (secondary N) is 3. The standard InChI is InChI=1S/C33H61N3O2/c1-5-34-19-6-7-20-35-21-8-22-36-26-15-17-32(3)25(23-26)10-11-27-29-13-12-28(24(2)9-14-31(37)38)33(29,4)18-16-30(27)32/h24-30,34-36H,5-23H2,1-4H3,(H,37,38)/t24-,25+,26+,27?,28-,29?,30?,32+,33-/m1/s1. The lowest BCUT2D eigenvalue weighted by Gasteiger charge is -2.61. The van der Waals surface area contributed by atoms with Crippen LogP contribution in [-0.2, 0) is 4.79 Å². The van der Waals surface area contributed by atoms with Crippen LogP contribution < -0.4 is 16.0 Å². The van der Waals surface area contributed by atoms with E-state index in [9.17, 15) is 9.90 Å². The van der Waals surface area contributed by atoms with E-state index in [-0.39, 0.29) is 0 Å². The van der Waals surface area contributed by atoms with Crippen molar-refractivity contribution < 1.29 is 9.90 Å². The zero-order valence-corrected chi connectivity index (χ0v) is 25.3. The molecule has 220 valence electrons. The SMILES string of the molecule is CCNCCCCNCCCN[C@H]1CC[C@]2(C)C3CC[C@@]4(C)C(CC[C@@H]4[C@H](C)CCC(=O)O)C3CC[C@H]2C1. The van der Waals surface area contributed by atoms with Gasteiger partial charge in [-0.25, -0.2) is 0 Å². The molecule has 4 rings (SSSR count). The Morgan fingerprint density at radius 2 is 1.58 bits per heavy atom. The fourth-order valence-electron chi connectivity index (χ4n) is 10.3. The first kappa shape index (κ1) is 30.3. The Morgan fingerprint density at radius 1 is 0.868 bits per heavy atom. The summed E-state index contributed by atoms with van der Waals surface area (Å²) in [5.41, 5.74) is 0.991. The van der Waals surface area contributed by atoms with Crippen LogP contribution in [-0.4, -0.2) is 49.8 Å². The molecule has 4 saturated carbocycles. The average molecular weight is 532 g/mol. The number of carbonyl (C=O) groups is 1. The van der Waals surface area contributed by atoms with Crippen molar-refractivity contribution in [1.29, 1.82) is 0 Å². The first-order valence-electron chi connectivity index (χ1n) is 16.7. The van der Waals surface area contributed by atoms with E-state index in [4.69, 9.17) is 0 Å². The Hall–Kier alpha value is -0.650.